The first kappa shape index (κ1) is 12.9. The zero-order chi connectivity index (χ0) is 13.5. The Labute approximate surface area is 108 Å². The molecule has 1 aliphatic rings. The van der Waals surface area contributed by atoms with Gasteiger partial charge < -0.3 is 15.8 Å². The van der Waals surface area contributed by atoms with Gasteiger partial charge in [-0.15, -0.1) is 0 Å². The minimum absolute atomic E-state index is 0.0849. The molecule has 0 atom stereocenters. The summed E-state index contributed by atoms with van der Waals surface area (Å²) in [7, 11) is 1.65. The van der Waals surface area contributed by atoms with Gasteiger partial charge in [-0.2, -0.15) is 0 Å². The smallest absolute Gasteiger partial charge is 0.244 e. The van der Waals surface area contributed by atoms with Gasteiger partial charge in [0, 0.05) is 5.69 Å². The summed E-state index contributed by atoms with van der Waals surface area (Å²) in [6, 6.07) is 1.94. The van der Waals surface area contributed by atoms with Crippen LogP contribution in [0, 0.1) is 20.8 Å². The Morgan fingerprint density at radius 2 is 1.94 bits per heavy atom. The topological polar surface area (TPSA) is 64.3 Å². The number of hydrogen-bond donors (Lipinski definition) is 2. The molecule has 3 N–H and O–H groups in total. The van der Waals surface area contributed by atoms with Crippen LogP contribution in [-0.2, 0) is 4.79 Å². The highest BCUT2D eigenvalue weighted by Gasteiger charge is 2.46. The average Bonchev–Trinajstić information content (AvgIpc) is 3.08. The van der Waals surface area contributed by atoms with Gasteiger partial charge in [-0.3, -0.25) is 4.79 Å². The zero-order valence-corrected chi connectivity index (χ0v) is 11.4. The largest absolute Gasteiger partial charge is 0.496 e. The number of carbonyl (C=O) groups is 1. The first-order chi connectivity index (χ1) is 8.39. The van der Waals surface area contributed by atoms with Crippen molar-refractivity contribution in [1.29, 1.82) is 0 Å². The van der Waals surface area contributed by atoms with Crippen LogP contribution >= 0.6 is 0 Å². The molecule has 0 aliphatic heterocycles. The number of benzene rings is 1. The third kappa shape index (κ3) is 2.08. The van der Waals surface area contributed by atoms with E-state index in [0.29, 0.717) is 0 Å². The molecule has 1 aromatic carbocycles. The number of methoxy groups -OCH3 is 1. The number of nitrogens with one attached hydrogen (secondary N) is 1. The maximum Gasteiger partial charge on any atom is 0.244 e. The quantitative estimate of drug-likeness (QED) is 0.860. The van der Waals surface area contributed by atoms with E-state index in [1.54, 1.807) is 7.11 Å². The average molecular weight is 248 g/mol. The lowest BCUT2D eigenvalue weighted by molar-refractivity contribution is -0.118. The van der Waals surface area contributed by atoms with Crippen LogP contribution in [0.25, 0.3) is 0 Å². The molecule has 0 heterocycles. The van der Waals surface area contributed by atoms with Gasteiger partial charge in [0.2, 0.25) is 5.91 Å². The fraction of sp³-hybridized carbons (Fsp3) is 0.500. The Morgan fingerprint density at radius 3 is 2.44 bits per heavy atom. The summed E-state index contributed by atoms with van der Waals surface area (Å²) in [5.41, 5.74) is 9.17. The van der Waals surface area contributed by atoms with Crippen LogP contribution in [0.4, 0.5) is 5.69 Å². The molecule has 0 spiro atoms. The second kappa shape index (κ2) is 4.28. The summed E-state index contributed by atoms with van der Waals surface area (Å²) in [6.45, 7) is 5.93. The first-order valence-corrected chi connectivity index (χ1v) is 6.14. The SMILES string of the molecule is COc1cc(C)c(NC(=O)C2(N)CC2)c(C)c1C. The van der Waals surface area contributed by atoms with Gasteiger partial charge in [-0.05, 0) is 56.4 Å². The highest BCUT2D eigenvalue weighted by atomic mass is 16.5. The van der Waals surface area contributed by atoms with Gasteiger partial charge in [0.05, 0.1) is 12.6 Å². The van der Waals surface area contributed by atoms with Crippen LogP contribution in [0.5, 0.6) is 5.75 Å². The minimum atomic E-state index is -0.646. The summed E-state index contributed by atoms with van der Waals surface area (Å²) in [6.07, 6.45) is 1.54. The Hall–Kier alpha value is -1.55. The molecule has 0 bridgehead atoms. The van der Waals surface area contributed by atoms with E-state index in [-0.39, 0.29) is 5.91 Å². The van der Waals surface area contributed by atoms with Crippen molar-refractivity contribution in [1.82, 2.24) is 0 Å². The maximum atomic E-state index is 12.0. The van der Waals surface area contributed by atoms with Crippen LogP contribution < -0.4 is 15.8 Å². The van der Waals surface area contributed by atoms with Gasteiger partial charge in [-0.25, -0.2) is 0 Å². The second-order valence-electron chi connectivity index (χ2n) is 5.13. The molecule has 1 fully saturated rings. The molecular formula is C14H20N2O2. The highest BCUT2D eigenvalue weighted by Crippen LogP contribution is 2.36. The molecule has 0 unspecified atom stereocenters. The molecule has 0 saturated heterocycles. The Kier molecular flexibility index (Phi) is 3.07. The highest BCUT2D eigenvalue weighted by molar-refractivity contribution is 6.01. The first-order valence-electron chi connectivity index (χ1n) is 6.14. The number of aryl methyl sites for hydroxylation is 1. The van der Waals surface area contributed by atoms with Crippen molar-refractivity contribution in [3.8, 4) is 5.75 Å². The van der Waals surface area contributed by atoms with Crippen LogP contribution in [0.3, 0.4) is 0 Å². The van der Waals surface area contributed by atoms with Gasteiger partial charge in [0.25, 0.3) is 0 Å². The van der Waals surface area contributed by atoms with E-state index < -0.39 is 5.54 Å². The lowest BCUT2D eigenvalue weighted by Crippen LogP contribution is -2.38. The summed E-state index contributed by atoms with van der Waals surface area (Å²) in [4.78, 5) is 12.0. The van der Waals surface area contributed by atoms with Crippen molar-refractivity contribution in [3.63, 3.8) is 0 Å². The molecular weight excluding hydrogens is 228 g/mol. The fourth-order valence-electron chi connectivity index (χ4n) is 2.05. The fourth-order valence-corrected chi connectivity index (χ4v) is 2.05. The van der Waals surface area contributed by atoms with Crippen molar-refractivity contribution in [3.05, 3.63) is 22.8 Å². The van der Waals surface area contributed by atoms with Gasteiger partial charge in [-0.1, -0.05) is 0 Å². The number of anilines is 1. The van der Waals surface area contributed by atoms with E-state index in [1.165, 1.54) is 0 Å². The Balaban J connectivity index is 2.33. The molecule has 1 aliphatic carbocycles. The van der Waals surface area contributed by atoms with Crippen LogP contribution in [0.1, 0.15) is 29.5 Å². The molecule has 18 heavy (non-hydrogen) atoms. The van der Waals surface area contributed by atoms with Crippen molar-refractivity contribution in [2.24, 2.45) is 5.73 Å². The standard InChI is InChI=1S/C14H20N2O2/c1-8-7-11(18-4)9(2)10(3)12(8)16-13(17)14(15)5-6-14/h7H,5-6,15H2,1-4H3,(H,16,17). The molecule has 1 saturated carbocycles. The monoisotopic (exact) mass is 248 g/mol. The number of hydrogen-bond acceptors (Lipinski definition) is 3. The van der Waals surface area contributed by atoms with Crippen molar-refractivity contribution >= 4 is 11.6 Å². The molecule has 1 aromatic rings. The molecule has 4 nitrogen and oxygen atoms in total. The predicted octanol–water partition coefficient (Wildman–Crippen LogP) is 2.05. The second-order valence-corrected chi connectivity index (χ2v) is 5.13. The Bertz CT molecular complexity index is 505. The van der Waals surface area contributed by atoms with E-state index >= 15 is 0 Å². The molecule has 4 heteroatoms. The van der Waals surface area contributed by atoms with Crippen molar-refractivity contribution in [2.45, 2.75) is 39.2 Å². The van der Waals surface area contributed by atoms with E-state index in [0.717, 1.165) is 41.0 Å². The van der Waals surface area contributed by atoms with Crippen LogP contribution in [0.2, 0.25) is 0 Å². The summed E-state index contributed by atoms with van der Waals surface area (Å²) >= 11 is 0. The summed E-state index contributed by atoms with van der Waals surface area (Å²) in [5.74, 6) is 0.759. The lowest BCUT2D eigenvalue weighted by Gasteiger charge is -2.18. The number of carbonyl (C=O) groups excluding carboxylic acids is 1. The molecule has 0 radical (unpaired) electrons. The number of amides is 1. The van der Waals surface area contributed by atoms with Gasteiger partial charge >= 0.3 is 0 Å². The van der Waals surface area contributed by atoms with Crippen LogP contribution in [-0.4, -0.2) is 18.6 Å². The van der Waals surface area contributed by atoms with Crippen molar-refractivity contribution in [2.75, 3.05) is 12.4 Å². The molecule has 1 amide bonds. The third-order valence-electron chi connectivity index (χ3n) is 3.75. The summed E-state index contributed by atoms with van der Waals surface area (Å²) in [5, 5.41) is 2.95. The van der Waals surface area contributed by atoms with E-state index in [1.807, 2.05) is 26.8 Å². The number of ether oxygens (including phenoxy) is 1. The third-order valence-corrected chi connectivity index (χ3v) is 3.75. The van der Waals surface area contributed by atoms with E-state index in [9.17, 15) is 4.79 Å². The molecule has 2 rings (SSSR count). The molecule has 0 aromatic heterocycles. The lowest BCUT2D eigenvalue weighted by atomic mass is 10.0. The van der Waals surface area contributed by atoms with Gasteiger partial charge in [0.15, 0.2) is 0 Å². The predicted molar refractivity (Wildman–Crippen MR) is 72.0 cm³/mol. The minimum Gasteiger partial charge on any atom is -0.496 e. The zero-order valence-electron chi connectivity index (χ0n) is 11.4. The molecule has 98 valence electrons. The van der Waals surface area contributed by atoms with E-state index in [4.69, 9.17) is 10.5 Å². The van der Waals surface area contributed by atoms with Crippen molar-refractivity contribution < 1.29 is 9.53 Å². The summed E-state index contributed by atoms with van der Waals surface area (Å²) < 4.78 is 5.31. The number of nitrogens with two attached hydrogens (primary N) is 1. The van der Waals surface area contributed by atoms with Gasteiger partial charge in [0.1, 0.15) is 5.75 Å². The van der Waals surface area contributed by atoms with E-state index in [2.05, 4.69) is 5.32 Å². The maximum absolute atomic E-state index is 12.0. The normalized spacial score (nSPS) is 16.3. The Morgan fingerprint density at radius 1 is 1.33 bits per heavy atom. The number of rotatable bonds is 3. The van der Waals surface area contributed by atoms with Crippen LogP contribution in [0.15, 0.2) is 6.07 Å².